The van der Waals surface area contributed by atoms with Gasteiger partial charge in [-0.05, 0) is 23.6 Å². The maximum Gasteiger partial charge on any atom is 0.311 e. The Hall–Kier alpha value is -3.94. The first-order valence-corrected chi connectivity index (χ1v) is 8.33. The van der Waals surface area contributed by atoms with Crippen molar-refractivity contribution in [2.75, 3.05) is 13.7 Å². The Kier molecular flexibility index (Phi) is 5.81. The highest BCUT2D eigenvalue weighted by molar-refractivity contribution is 5.89. The van der Waals surface area contributed by atoms with Crippen molar-refractivity contribution in [3.8, 4) is 11.5 Å². The van der Waals surface area contributed by atoms with Crippen molar-refractivity contribution in [3.05, 3.63) is 76.3 Å². The van der Waals surface area contributed by atoms with Crippen LogP contribution in [0.1, 0.15) is 5.56 Å². The number of carbonyl (C=O) groups is 1. The predicted octanol–water partition coefficient (Wildman–Crippen LogP) is 3.29. The zero-order valence-electron chi connectivity index (χ0n) is 15.0. The Morgan fingerprint density at radius 3 is 2.71 bits per heavy atom. The fourth-order valence-corrected chi connectivity index (χ4v) is 2.61. The van der Waals surface area contributed by atoms with Crippen LogP contribution in [0.3, 0.4) is 0 Å². The SMILES string of the molecule is COc1ccc(/C=N/NC(=O)COc2cccc3ccccc23)cc1[N+](=O)[O-]. The number of rotatable bonds is 7. The molecule has 1 amide bonds. The molecule has 142 valence electrons. The Morgan fingerprint density at radius 2 is 1.93 bits per heavy atom. The molecule has 0 heterocycles. The van der Waals surface area contributed by atoms with Crippen molar-refractivity contribution in [1.82, 2.24) is 5.43 Å². The van der Waals surface area contributed by atoms with Crippen molar-refractivity contribution in [1.29, 1.82) is 0 Å². The van der Waals surface area contributed by atoms with Gasteiger partial charge in [0.2, 0.25) is 0 Å². The number of methoxy groups -OCH3 is 1. The van der Waals surface area contributed by atoms with Gasteiger partial charge in [0.25, 0.3) is 5.91 Å². The minimum Gasteiger partial charge on any atom is -0.490 e. The van der Waals surface area contributed by atoms with E-state index in [1.807, 2.05) is 36.4 Å². The van der Waals surface area contributed by atoms with Crippen molar-refractivity contribution in [2.45, 2.75) is 0 Å². The normalized spacial score (nSPS) is 10.8. The van der Waals surface area contributed by atoms with Gasteiger partial charge in [-0.15, -0.1) is 0 Å². The van der Waals surface area contributed by atoms with Crippen LogP contribution in [-0.2, 0) is 4.79 Å². The number of nitrogens with zero attached hydrogens (tertiary/aromatic N) is 2. The van der Waals surface area contributed by atoms with Crippen LogP contribution >= 0.6 is 0 Å². The van der Waals surface area contributed by atoms with Crippen LogP contribution in [0.4, 0.5) is 5.69 Å². The summed E-state index contributed by atoms with van der Waals surface area (Å²) in [6.45, 7) is -0.214. The summed E-state index contributed by atoms with van der Waals surface area (Å²) >= 11 is 0. The fourth-order valence-electron chi connectivity index (χ4n) is 2.61. The Labute approximate surface area is 160 Å². The number of hydrazone groups is 1. The molecule has 28 heavy (non-hydrogen) atoms. The number of hydrogen-bond donors (Lipinski definition) is 1. The number of fused-ring (bicyclic) bond motifs is 1. The highest BCUT2D eigenvalue weighted by Crippen LogP contribution is 2.27. The van der Waals surface area contributed by atoms with E-state index in [-0.39, 0.29) is 18.0 Å². The molecule has 8 nitrogen and oxygen atoms in total. The molecule has 0 aliphatic carbocycles. The van der Waals surface area contributed by atoms with E-state index in [1.54, 1.807) is 12.1 Å². The lowest BCUT2D eigenvalue weighted by Gasteiger charge is -2.08. The third-order valence-corrected chi connectivity index (χ3v) is 3.91. The second-order valence-electron chi connectivity index (χ2n) is 5.75. The fraction of sp³-hybridized carbons (Fsp3) is 0.100. The number of nitro groups is 1. The van der Waals surface area contributed by atoms with Gasteiger partial charge in [0.05, 0.1) is 18.2 Å². The van der Waals surface area contributed by atoms with Gasteiger partial charge in [-0.1, -0.05) is 36.4 Å². The third-order valence-electron chi connectivity index (χ3n) is 3.91. The minimum absolute atomic E-state index is 0.148. The molecule has 0 unspecified atom stereocenters. The lowest BCUT2D eigenvalue weighted by Crippen LogP contribution is -2.24. The molecule has 0 fully saturated rings. The summed E-state index contributed by atoms with van der Waals surface area (Å²) in [5.41, 5.74) is 2.59. The number of benzene rings is 3. The van der Waals surface area contributed by atoms with Gasteiger partial charge >= 0.3 is 5.69 Å². The van der Waals surface area contributed by atoms with Crippen LogP contribution in [0.2, 0.25) is 0 Å². The average Bonchev–Trinajstić information content (AvgIpc) is 2.72. The summed E-state index contributed by atoms with van der Waals surface area (Å²) in [7, 11) is 1.35. The molecule has 3 aromatic rings. The van der Waals surface area contributed by atoms with Gasteiger partial charge in [-0.25, -0.2) is 5.43 Å². The van der Waals surface area contributed by atoms with Gasteiger partial charge in [-0.2, -0.15) is 5.10 Å². The zero-order valence-corrected chi connectivity index (χ0v) is 15.0. The topological polar surface area (TPSA) is 103 Å². The van der Waals surface area contributed by atoms with E-state index in [4.69, 9.17) is 9.47 Å². The maximum atomic E-state index is 11.9. The Balaban J connectivity index is 1.60. The number of carbonyl (C=O) groups excluding carboxylic acids is 1. The van der Waals surface area contributed by atoms with Gasteiger partial charge in [0.1, 0.15) is 5.75 Å². The zero-order chi connectivity index (χ0) is 19.9. The second-order valence-corrected chi connectivity index (χ2v) is 5.75. The molecule has 0 saturated heterocycles. The highest BCUT2D eigenvalue weighted by atomic mass is 16.6. The van der Waals surface area contributed by atoms with Crippen molar-refractivity contribution in [3.63, 3.8) is 0 Å². The van der Waals surface area contributed by atoms with Crippen LogP contribution in [0.15, 0.2) is 65.8 Å². The first-order valence-electron chi connectivity index (χ1n) is 8.33. The first kappa shape index (κ1) is 18.8. The van der Waals surface area contributed by atoms with E-state index in [0.29, 0.717) is 11.3 Å². The quantitative estimate of drug-likeness (QED) is 0.385. The summed E-state index contributed by atoms with van der Waals surface area (Å²) in [5, 5.41) is 16.7. The van der Waals surface area contributed by atoms with Crippen molar-refractivity contribution < 1.29 is 19.2 Å². The monoisotopic (exact) mass is 379 g/mol. The average molecular weight is 379 g/mol. The van der Waals surface area contributed by atoms with Crippen LogP contribution in [-0.4, -0.2) is 30.8 Å². The molecule has 0 spiro atoms. The third kappa shape index (κ3) is 4.42. The molecule has 1 N–H and O–H groups in total. The van der Waals surface area contributed by atoms with Crippen molar-refractivity contribution in [2.24, 2.45) is 5.10 Å². The summed E-state index contributed by atoms with van der Waals surface area (Å²) in [4.78, 5) is 22.4. The summed E-state index contributed by atoms with van der Waals surface area (Å²) in [5.74, 6) is 0.296. The summed E-state index contributed by atoms with van der Waals surface area (Å²) in [6.07, 6.45) is 1.31. The molecular weight excluding hydrogens is 362 g/mol. The van der Waals surface area contributed by atoms with Gasteiger partial charge in [-0.3, -0.25) is 14.9 Å². The molecule has 0 saturated carbocycles. The maximum absolute atomic E-state index is 11.9. The number of nitrogens with one attached hydrogen (secondary N) is 1. The number of nitro benzene ring substituents is 1. The largest absolute Gasteiger partial charge is 0.490 e. The molecular formula is C20H17N3O5. The van der Waals surface area contributed by atoms with Crippen LogP contribution < -0.4 is 14.9 Å². The second kappa shape index (κ2) is 8.63. The van der Waals surface area contributed by atoms with Crippen LogP contribution in [0.25, 0.3) is 10.8 Å². The lowest BCUT2D eigenvalue weighted by molar-refractivity contribution is -0.385. The number of ether oxygens (including phenoxy) is 2. The molecule has 0 aliphatic heterocycles. The molecule has 8 heteroatoms. The van der Waals surface area contributed by atoms with Gasteiger partial charge < -0.3 is 9.47 Å². The molecule has 0 atom stereocenters. The molecule has 0 aromatic heterocycles. The summed E-state index contributed by atoms with van der Waals surface area (Å²) < 4.78 is 10.5. The van der Waals surface area contributed by atoms with E-state index in [0.717, 1.165) is 10.8 Å². The number of hydrogen-bond acceptors (Lipinski definition) is 6. The van der Waals surface area contributed by atoms with Gasteiger partial charge in [0.15, 0.2) is 12.4 Å². The Morgan fingerprint density at radius 1 is 1.14 bits per heavy atom. The molecule has 3 aromatic carbocycles. The molecule has 3 rings (SSSR count). The van der Waals surface area contributed by atoms with E-state index in [1.165, 1.54) is 25.5 Å². The highest BCUT2D eigenvalue weighted by Gasteiger charge is 2.14. The Bertz CT molecular complexity index is 1040. The molecule has 0 bridgehead atoms. The van der Waals surface area contributed by atoms with Crippen LogP contribution in [0.5, 0.6) is 11.5 Å². The lowest BCUT2D eigenvalue weighted by atomic mass is 10.1. The summed E-state index contributed by atoms with van der Waals surface area (Å²) in [6, 6.07) is 17.7. The van der Waals surface area contributed by atoms with Crippen LogP contribution in [0, 0.1) is 10.1 Å². The smallest absolute Gasteiger partial charge is 0.311 e. The first-order chi connectivity index (χ1) is 13.6. The standard InChI is InChI=1S/C20H17N3O5/c1-27-19-10-9-14(11-17(19)23(25)26)12-21-22-20(24)13-28-18-8-4-6-15-5-2-3-7-16(15)18/h2-12H,13H2,1H3,(H,22,24)/b21-12+. The van der Waals surface area contributed by atoms with E-state index >= 15 is 0 Å². The van der Waals surface area contributed by atoms with E-state index < -0.39 is 10.8 Å². The molecule has 0 radical (unpaired) electrons. The van der Waals surface area contributed by atoms with E-state index in [9.17, 15) is 14.9 Å². The predicted molar refractivity (Wildman–Crippen MR) is 105 cm³/mol. The molecule has 0 aliphatic rings. The van der Waals surface area contributed by atoms with Gasteiger partial charge in [0, 0.05) is 17.0 Å². The number of amides is 1. The minimum atomic E-state index is -0.549. The van der Waals surface area contributed by atoms with Crippen molar-refractivity contribution >= 4 is 28.6 Å². The van der Waals surface area contributed by atoms with E-state index in [2.05, 4.69) is 10.5 Å².